The largest absolute Gasteiger partial charge is 0.497 e. The van der Waals surface area contributed by atoms with Crippen molar-refractivity contribution < 1.29 is 37.0 Å². The number of piperidine rings is 1. The Labute approximate surface area is 267 Å². The van der Waals surface area contributed by atoms with E-state index in [9.17, 15) is 22.8 Å². The van der Waals surface area contributed by atoms with Crippen LogP contribution in [0.2, 0.25) is 0 Å². The summed E-state index contributed by atoms with van der Waals surface area (Å²) in [5.74, 6) is -1.65. The fourth-order valence-electron chi connectivity index (χ4n) is 5.20. The summed E-state index contributed by atoms with van der Waals surface area (Å²) in [6, 6.07) is 10.3. The molecule has 0 unspecified atom stereocenters. The van der Waals surface area contributed by atoms with Gasteiger partial charge in [-0.05, 0) is 49.7 Å². The first kappa shape index (κ1) is 31.8. The molecule has 1 saturated carbocycles. The number of esters is 1. The van der Waals surface area contributed by atoms with E-state index in [4.69, 9.17) is 19.2 Å². The number of ether oxygens (including phenoxy) is 3. The average Bonchev–Trinajstić information content (AvgIpc) is 3.75. The van der Waals surface area contributed by atoms with Gasteiger partial charge in [0.2, 0.25) is 5.95 Å². The lowest BCUT2D eigenvalue weighted by Gasteiger charge is -2.32. The van der Waals surface area contributed by atoms with Gasteiger partial charge in [-0.15, -0.1) is 0 Å². The minimum absolute atomic E-state index is 0.0684. The van der Waals surface area contributed by atoms with Gasteiger partial charge in [-0.1, -0.05) is 18.2 Å². The maximum Gasteiger partial charge on any atom is 0.491 e. The molecule has 0 atom stereocenters. The maximum absolute atomic E-state index is 13.3. The summed E-state index contributed by atoms with van der Waals surface area (Å²) in [5, 5.41) is 2.79. The Morgan fingerprint density at radius 3 is 2.51 bits per heavy atom. The van der Waals surface area contributed by atoms with Crippen LogP contribution < -0.4 is 24.4 Å². The van der Waals surface area contributed by atoms with Crippen molar-refractivity contribution in [1.29, 1.82) is 0 Å². The number of hydrogen-bond acceptors (Lipinski definition) is 10. The number of aromatic nitrogens is 5. The van der Waals surface area contributed by atoms with Gasteiger partial charge in [0.15, 0.2) is 17.3 Å². The molecule has 2 aromatic carbocycles. The number of carbonyl (C=O) groups excluding carboxylic acids is 2. The molecule has 1 amide bonds. The second-order valence-corrected chi connectivity index (χ2v) is 11.4. The molecule has 3 heterocycles. The van der Waals surface area contributed by atoms with E-state index in [0.29, 0.717) is 37.7 Å². The van der Waals surface area contributed by atoms with Crippen LogP contribution in [-0.2, 0) is 4.79 Å². The molecule has 6 rings (SSSR count). The molecule has 2 N–H and O–H groups in total. The average molecular weight is 652 g/mol. The van der Waals surface area contributed by atoms with Crippen molar-refractivity contribution in [2.45, 2.75) is 31.9 Å². The molecule has 15 heteroatoms. The number of anilines is 1. The van der Waals surface area contributed by atoms with E-state index in [1.807, 2.05) is 29.2 Å². The van der Waals surface area contributed by atoms with Crippen molar-refractivity contribution in [3.8, 4) is 40.0 Å². The van der Waals surface area contributed by atoms with Crippen molar-refractivity contribution in [1.82, 2.24) is 30.2 Å². The number of rotatable bonds is 11. The van der Waals surface area contributed by atoms with Crippen LogP contribution in [0.5, 0.6) is 17.2 Å². The van der Waals surface area contributed by atoms with Gasteiger partial charge in [-0.2, -0.15) is 18.2 Å². The summed E-state index contributed by atoms with van der Waals surface area (Å²) < 4.78 is 55.0. The lowest BCUT2D eigenvalue weighted by Crippen LogP contribution is -2.39. The number of methoxy groups -OCH3 is 1. The Morgan fingerprint density at radius 2 is 1.81 bits per heavy atom. The van der Waals surface area contributed by atoms with Crippen LogP contribution in [0.1, 0.15) is 36.0 Å². The number of nitrogens with one attached hydrogen (secondary N) is 2. The summed E-state index contributed by atoms with van der Waals surface area (Å²) in [6.45, 7) is 1.69. The summed E-state index contributed by atoms with van der Waals surface area (Å²) in [6.07, 6.45) is 2.88. The molecule has 4 aromatic rings. The molecule has 0 spiro atoms. The molecular formula is C32H32F3N7O5. The minimum Gasteiger partial charge on any atom is -0.497 e. The first-order chi connectivity index (χ1) is 22.7. The van der Waals surface area contributed by atoms with Crippen molar-refractivity contribution in [2.75, 3.05) is 38.3 Å². The molecule has 1 saturated heterocycles. The van der Waals surface area contributed by atoms with Gasteiger partial charge < -0.3 is 29.4 Å². The third-order valence-electron chi connectivity index (χ3n) is 8.01. The van der Waals surface area contributed by atoms with Gasteiger partial charge >= 0.3 is 12.1 Å². The highest BCUT2D eigenvalue weighted by atomic mass is 19.4. The Kier molecular flexibility index (Phi) is 9.22. The smallest absolute Gasteiger partial charge is 0.491 e. The number of alkyl halides is 3. The number of carbonyl (C=O) groups is 2. The van der Waals surface area contributed by atoms with Gasteiger partial charge in [-0.25, -0.2) is 19.7 Å². The summed E-state index contributed by atoms with van der Waals surface area (Å²) in [4.78, 5) is 48.0. The first-order valence-corrected chi connectivity index (χ1v) is 15.1. The minimum atomic E-state index is -5.27. The number of hydrogen-bond donors (Lipinski definition) is 2. The van der Waals surface area contributed by atoms with Crippen LogP contribution in [0.4, 0.5) is 19.1 Å². The van der Waals surface area contributed by atoms with E-state index >= 15 is 0 Å². The molecule has 0 bridgehead atoms. The number of H-pyrrole nitrogens is 1. The van der Waals surface area contributed by atoms with Gasteiger partial charge in [0, 0.05) is 49.2 Å². The molecule has 246 valence electrons. The van der Waals surface area contributed by atoms with Crippen molar-refractivity contribution >= 4 is 17.8 Å². The number of imidazole rings is 1. The predicted octanol–water partition coefficient (Wildman–Crippen LogP) is 4.84. The molecule has 2 aliphatic rings. The van der Waals surface area contributed by atoms with E-state index in [1.54, 1.807) is 12.4 Å². The molecule has 1 aliphatic carbocycles. The lowest BCUT2D eigenvalue weighted by atomic mass is 9.97. The summed E-state index contributed by atoms with van der Waals surface area (Å²) >= 11 is 0. The van der Waals surface area contributed by atoms with Crippen LogP contribution in [-0.4, -0.2) is 76.3 Å². The van der Waals surface area contributed by atoms with E-state index in [1.165, 1.54) is 25.6 Å². The highest BCUT2D eigenvalue weighted by Gasteiger charge is 2.43. The Bertz CT molecular complexity index is 1720. The number of amides is 1. The van der Waals surface area contributed by atoms with Crippen molar-refractivity contribution in [2.24, 2.45) is 11.8 Å². The van der Waals surface area contributed by atoms with Crippen molar-refractivity contribution in [3.63, 3.8) is 0 Å². The standard InChI is InChI=1S/C32H32F3N7O5/c1-45-23-14-24(26(47-30(44)32(33,34)35)25(15-23)46-17-20-5-6-20)29(43)38-16-19-7-11-42(12-8-19)31-40-18-39-28(41-31)22-4-2-3-21(13-22)27-36-9-10-37-27/h2-4,9-10,13-15,18-20H,5-8,11-12,16-17H2,1H3,(H,36,37)(H,38,43). The SMILES string of the molecule is COc1cc(OCC2CC2)c(OC(=O)C(F)(F)F)c(C(=O)NCC2CCN(c3ncnc(-c4cccc(-c5ncc[nH]5)c4)n3)CC2)c1. The number of aromatic amines is 1. The van der Waals surface area contributed by atoms with E-state index < -0.39 is 23.8 Å². The zero-order chi connectivity index (χ0) is 33.0. The molecular weight excluding hydrogens is 619 g/mol. The number of halogens is 3. The topological polar surface area (TPSA) is 144 Å². The summed E-state index contributed by atoms with van der Waals surface area (Å²) in [5.41, 5.74) is 1.43. The lowest BCUT2D eigenvalue weighted by molar-refractivity contribution is -0.189. The second kappa shape index (κ2) is 13.6. The Hall–Kier alpha value is -5.21. The van der Waals surface area contributed by atoms with Crippen LogP contribution in [0, 0.1) is 11.8 Å². The Balaban J connectivity index is 1.10. The number of benzene rings is 2. The van der Waals surface area contributed by atoms with Crippen LogP contribution in [0.3, 0.4) is 0 Å². The predicted molar refractivity (Wildman–Crippen MR) is 163 cm³/mol. The first-order valence-electron chi connectivity index (χ1n) is 15.1. The van der Waals surface area contributed by atoms with Crippen LogP contribution >= 0.6 is 0 Å². The van der Waals surface area contributed by atoms with Gasteiger partial charge in [0.25, 0.3) is 5.91 Å². The fourth-order valence-corrected chi connectivity index (χ4v) is 5.20. The number of nitrogens with zero attached hydrogens (tertiary/aromatic N) is 5. The highest BCUT2D eigenvalue weighted by molar-refractivity contribution is 5.99. The van der Waals surface area contributed by atoms with E-state index in [2.05, 4.69) is 25.3 Å². The van der Waals surface area contributed by atoms with E-state index in [0.717, 1.165) is 29.8 Å². The molecule has 47 heavy (non-hydrogen) atoms. The third-order valence-corrected chi connectivity index (χ3v) is 8.01. The quantitative estimate of drug-likeness (QED) is 0.171. The molecule has 0 radical (unpaired) electrons. The van der Waals surface area contributed by atoms with Crippen molar-refractivity contribution in [3.05, 3.63) is 60.7 Å². The van der Waals surface area contributed by atoms with E-state index in [-0.39, 0.29) is 42.0 Å². The zero-order valence-electron chi connectivity index (χ0n) is 25.4. The van der Waals surface area contributed by atoms with Crippen LogP contribution in [0.25, 0.3) is 22.8 Å². The highest BCUT2D eigenvalue weighted by Crippen LogP contribution is 2.39. The fraction of sp³-hybridized carbons (Fsp3) is 0.375. The zero-order valence-corrected chi connectivity index (χ0v) is 25.4. The normalized spacial score (nSPS) is 15.3. The molecule has 2 fully saturated rings. The van der Waals surface area contributed by atoms with Gasteiger partial charge in [0.05, 0.1) is 19.3 Å². The molecule has 12 nitrogen and oxygen atoms in total. The molecule has 1 aliphatic heterocycles. The third kappa shape index (κ3) is 7.79. The Morgan fingerprint density at radius 1 is 1.02 bits per heavy atom. The van der Waals surface area contributed by atoms with Crippen LogP contribution in [0.15, 0.2) is 55.1 Å². The molecule has 2 aromatic heterocycles. The monoisotopic (exact) mass is 651 g/mol. The van der Waals surface area contributed by atoms with Gasteiger partial charge in [0.1, 0.15) is 17.9 Å². The second-order valence-electron chi connectivity index (χ2n) is 11.4. The summed E-state index contributed by atoms with van der Waals surface area (Å²) in [7, 11) is 1.35. The maximum atomic E-state index is 13.3. The van der Waals surface area contributed by atoms with Gasteiger partial charge in [-0.3, -0.25) is 4.79 Å².